The third-order valence-corrected chi connectivity index (χ3v) is 4.20. The molecule has 0 aliphatic carbocycles. The normalized spacial score (nSPS) is 11.3. The van der Waals surface area contributed by atoms with Gasteiger partial charge < -0.3 is 9.84 Å². The number of hydrogen-bond acceptors (Lipinski definition) is 5. The summed E-state index contributed by atoms with van der Waals surface area (Å²) in [6.07, 6.45) is 1.50. The molecule has 1 aromatic heterocycles. The molecule has 0 atom stereocenters. The van der Waals surface area contributed by atoms with Gasteiger partial charge in [0.2, 0.25) is 10.0 Å². The third kappa shape index (κ3) is 4.78. The molecule has 0 aliphatic rings. The van der Waals surface area contributed by atoms with E-state index in [9.17, 15) is 8.42 Å². The summed E-state index contributed by atoms with van der Waals surface area (Å²) in [5.74, 6) is 1.48. The molecule has 0 radical (unpaired) electrons. The molecule has 1 heterocycles. The molecule has 0 saturated heterocycles. The Labute approximate surface area is 124 Å². The van der Waals surface area contributed by atoms with Gasteiger partial charge >= 0.3 is 0 Å². The number of rotatable bonds is 7. The molecule has 114 valence electrons. The summed E-state index contributed by atoms with van der Waals surface area (Å²) in [6.45, 7) is 3.77. The zero-order valence-corrected chi connectivity index (χ0v) is 12.9. The summed E-state index contributed by atoms with van der Waals surface area (Å²) in [7, 11) is -3.26. The van der Waals surface area contributed by atoms with Gasteiger partial charge in [-0.15, -0.1) is 0 Å². The minimum absolute atomic E-state index is 0.141. The lowest BCUT2D eigenvalue weighted by Gasteiger charge is -2.08. The van der Waals surface area contributed by atoms with Crippen LogP contribution in [0, 0.1) is 6.92 Å². The Morgan fingerprint density at radius 1 is 1.19 bits per heavy atom. The molecule has 1 aromatic carbocycles. The van der Waals surface area contributed by atoms with Crippen LogP contribution in [0.2, 0.25) is 0 Å². The standard InChI is InChI=1S/C14H19N3O3S/c1-3-4-9-21(18,19)17-13-7-5-12(6-8-13)15-14-10-11(2)20-16-14/h5-8,10,17H,3-4,9H2,1-2H3,(H,15,16). The fourth-order valence-corrected chi connectivity index (χ4v) is 3.03. The maximum Gasteiger partial charge on any atom is 0.232 e. The summed E-state index contributed by atoms with van der Waals surface area (Å²) < 4.78 is 31.1. The first-order valence-corrected chi connectivity index (χ1v) is 8.44. The van der Waals surface area contributed by atoms with Crippen LogP contribution in [0.25, 0.3) is 0 Å². The number of hydrogen-bond donors (Lipinski definition) is 2. The van der Waals surface area contributed by atoms with Gasteiger partial charge in [-0.05, 0) is 37.6 Å². The van der Waals surface area contributed by atoms with Crippen LogP contribution in [0.4, 0.5) is 17.2 Å². The van der Waals surface area contributed by atoms with E-state index >= 15 is 0 Å². The maximum atomic E-state index is 11.8. The fourth-order valence-electron chi connectivity index (χ4n) is 1.76. The van der Waals surface area contributed by atoms with Crippen LogP contribution in [0.5, 0.6) is 0 Å². The Hall–Kier alpha value is -2.02. The van der Waals surface area contributed by atoms with Crippen molar-refractivity contribution in [3.05, 3.63) is 36.1 Å². The van der Waals surface area contributed by atoms with Gasteiger partial charge in [-0.25, -0.2) is 8.42 Å². The van der Waals surface area contributed by atoms with E-state index in [0.29, 0.717) is 17.9 Å². The maximum absolute atomic E-state index is 11.8. The molecule has 7 heteroatoms. The van der Waals surface area contributed by atoms with E-state index in [-0.39, 0.29) is 5.75 Å². The number of sulfonamides is 1. The first-order chi connectivity index (χ1) is 9.98. The van der Waals surface area contributed by atoms with Crippen molar-refractivity contribution in [2.45, 2.75) is 26.7 Å². The van der Waals surface area contributed by atoms with Crippen LogP contribution in [0.1, 0.15) is 25.5 Å². The van der Waals surface area contributed by atoms with Crippen molar-refractivity contribution in [2.75, 3.05) is 15.8 Å². The van der Waals surface area contributed by atoms with Crippen LogP contribution >= 0.6 is 0 Å². The van der Waals surface area contributed by atoms with Crippen molar-refractivity contribution in [1.29, 1.82) is 0 Å². The van der Waals surface area contributed by atoms with Crippen molar-refractivity contribution < 1.29 is 12.9 Å². The summed E-state index contributed by atoms with van der Waals surface area (Å²) in [4.78, 5) is 0. The van der Waals surface area contributed by atoms with Crippen molar-refractivity contribution >= 4 is 27.2 Å². The Bertz CT molecular complexity index is 678. The van der Waals surface area contributed by atoms with Gasteiger partial charge in [0.25, 0.3) is 0 Å². The number of unbranched alkanes of at least 4 members (excludes halogenated alkanes) is 1. The predicted octanol–water partition coefficient (Wildman–Crippen LogP) is 3.27. The Kier molecular flexibility index (Phi) is 4.85. The van der Waals surface area contributed by atoms with Crippen molar-refractivity contribution in [3.63, 3.8) is 0 Å². The second-order valence-electron chi connectivity index (χ2n) is 4.80. The van der Waals surface area contributed by atoms with E-state index in [0.717, 1.165) is 17.9 Å². The summed E-state index contributed by atoms with van der Waals surface area (Å²) in [6, 6.07) is 8.75. The Morgan fingerprint density at radius 3 is 2.43 bits per heavy atom. The largest absolute Gasteiger partial charge is 0.360 e. The average Bonchev–Trinajstić information content (AvgIpc) is 2.84. The molecule has 0 saturated carbocycles. The monoisotopic (exact) mass is 309 g/mol. The van der Waals surface area contributed by atoms with Crippen molar-refractivity contribution in [1.82, 2.24) is 5.16 Å². The molecule has 0 spiro atoms. The van der Waals surface area contributed by atoms with E-state index in [2.05, 4.69) is 15.2 Å². The molecule has 0 unspecified atom stereocenters. The molecular formula is C14H19N3O3S. The van der Waals surface area contributed by atoms with Crippen LogP contribution in [-0.4, -0.2) is 19.3 Å². The second-order valence-corrected chi connectivity index (χ2v) is 6.64. The van der Waals surface area contributed by atoms with E-state index in [4.69, 9.17) is 4.52 Å². The zero-order valence-electron chi connectivity index (χ0n) is 12.1. The second kappa shape index (κ2) is 6.62. The van der Waals surface area contributed by atoms with Gasteiger partial charge in [-0.3, -0.25) is 4.72 Å². The highest BCUT2D eigenvalue weighted by molar-refractivity contribution is 7.92. The summed E-state index contributed by atoms with van der Waals surface area (Å²) >= 11 is 0. The first kappa shape index (κ1) is 15.4. The molecular weight excluding hydrogens is 290 g/mol. The lowest BCUT2D eigenvalue weighted by atomic mass is 10.3. The molecule has 0 aliphatic heterocycles. The highest BCUT2D eigenvalue weighted by Crippen LogP contribution is 2.19. The number of aromatic nitrogens is 1. The molecule has 2 aromatic rings. The highest BCUT2D eigenvalue weighted by atomic mass is 32.2. The smallest absolute Gasteiger partial charge is 0.232 e. The zero-order chi connectivity index (χ0) is 15.3. The Balaban J connectivity index is 1.98. The van der Waals surface area contributed by atoms with Gasteiger partial charge in [0, 0.05) is 17.4 Å². The third-order valence-electron chi connectivity index (χ3n) is 2.83. The minimum Gasteiger partial charge on any atom is -0.360 e. The molecule has 2 N–H and O–H groups in total. The summed E-state index contributed by atoms with van der Waals surface area (Å²) in [5, 5.41) is 6.90. The topological polar surface area (TPSA) is 84.2 Å². The summed E-state index contributed by atoms with van der Waals surface area (Å²) in [5.41, 5.74) is 1.35. The van der Waals surface area contributed by atoms with E-state index < -0.39 is 10.0 Å². The molecule has 0 amide bonds. The molecule has 2 rings (SSSR count). The van der Waals surface area contributed by atoms with Crippen LogP contribution < -0.4 is 10.0 Å². The van der Waals surface area contributed by atoms with Crippen molar-refractivity contribution in [3.8, 4) is 0 Å². The predicted molar refractivity (Wildman–Crippen MR) is 83.3 cm³/mol. The minimum atomic E-state index is -3.26. The first-order valence-electron chi connectivity index (χ1n) is 6.79. The van der Waals surface area contributed by atoms with Crippen LogP contribution in [-0.2, 0) is 10.0 Å². The van der Waals surface area contributed by atoms with Gasteiger partial charge in [0.05, 0.1) is 5.75 Å². The number of nitrogens with zero attached hydrogens (tertiary/aromatic N) is 1. The number of anilines is 3. The van der Waals surface area contributed by atoms with Gasteiger partial charge in [0.15, 0.2) is 5.82 Å². The van der Waals surface area contributed by atoms with E-state index in [1.54, 1.807) is 30.3 Å². The van der Waals surface area contributed by atoms with E-state index in [1.165, 1.54) is 0 Å². The number of benzene rings is 1. The van der Waals surface area contributed by atoms with Crippen LogP contribution in [0.15, 0.2) is 34.9 Å². The Morgan fingerprint density at radius 2 is 1.86 bits per heavy atom. The van der Waals surface area contributed by atoms with Gasteiger partial charge in [-0.2, -0.15) is 0 Å². The average molecular weight is 309 g/mol. The molecule has 6 nitrogen and oxygen atoms in total. The quantitative estimate of drug-likeness (QED) is 0.820. The lowest BCUT2D eigenvalue weighted by Crippen LogP contribution is -2.16. The fraction of sp³-hybridized carbons (Fsp3) is 0.357. The number of aryl methyl sites for hydroxylation is 1. The van der Waals surface area contributed by atoms with Gasteiger partial charge in [0.1, 0.15) is 5.76 Å². The van der Waals surface area contributed by atoms with Crippen LogP contribution in [0.3, 0.4) is 0 Å². The SMILES string of the molecule is CCCCS(=O)(=O)Nc1ccc(Nc2cc(C)on2)cc1. The van der Waals surface area contributed by atoms with E-state index in [1.807, 2.05) is 13.8 Å². The highest BCUT2D eigenvalue weighted by Gasteiger charge is 2.09. The molecule has 0 fully saturated rings. The van der Waals surface area contributed by atoms with Gasteiger partial charge in [-0.1, -0.05) is 18.5 Å². The molecule has 21 heavy (non-hydrogen) atoms. The number of nitrogens with one attached hydrogen (secondary N) is 2. The molecule has 0 bridgehead atoms. The lowest BCUT2D eigenvalue weighted by molar-refractivity contribution is 0.400. The van der Waals surface area contributed by atoms with Crippen molar-refractivity contribution in [2.24, 2.45) is 0 Å².